The second-order valence-electron chi connectivity index (χ2n) is 6.15. The number of aryl methyl sites for hydroxylation is 1. The highest BCUT2D eigenvalue weighted by Crippen LogP contribution is 2.13. The first kappa shape index (κ1) is 19.3. The smallest absolute Gasteiger partial charge is 0.271 e. The van der Waals surface area contributed by atoms with E-state index in [1.165, 1.54) is 6.21 Å². The van der Waals surface area contributed by atoms with E-state index in [9.17, 15) is 9.59 Å². The number of halogens is 1. The summed E-state index contributed by atoms with van der Waals surface area (Å²) in [6.45, 7) is 1.96. The highest BCUT2D eigenvalue weighted by Gasteiger charge is 2.09. The van der Waals surface area contributed by atoms with Crippen LogP contribution in [0.25, 0.3) is 0 Å². The summed E-state index contributed by atoms with van der Waals surface area (Å²) in [5.41, 5.74) is 5.81. The number of rotatable bonds is 5. The molecule has 0 saturated carbocycles. The van der Waals surface area contributed by atoms with Gasteiger partial charge in [0.2, 0.25) is 0 Å². The van der Waals surface area contributed by atoms with Crippen molar-refractivity contribution in [1.82, 2.24) is 5.43 Å². The van der Waals surface area contributed by atoms with Crippen LogP contribution in [0.3, 0.4) is 0 Å². The largest absolute Gasteiger partial charge is 0.322 e. The molecule has 0 radical (unpaired) electrons. The molecule has 3 aromatic rings. The predicted octanol–water partition coefficient (Wildman–Crippen LogP) is 4.66. The molecule has 140 valence electrons. The predicted molar refractivity (Wildman–Crippen MR) is 112 cm³/mol. The van der Waals surface area contributed by atoms with Gasteiger partial charge < -0.3 is 5.32 Å². The number of hydrogen-bond donors (Lipinski definition) is 2. The summed E-state index contributed by atoms with van der Waals surface area (Å²) in [6.07, 6.45) is 1.53. The van der Waals surface area contributed by atoms with Crippen LogP contribution in [-0.2, 0) is 0 Å². The zero-order chi connectivity index (χ0) is 19.9. The van der Waals surface area contributed by atoms with E-state index in [1.807, 2.05) is 19.1 Å². The fourth-order valence-electron chi connectivity index (χ4n) is 2.43. The Morgan fingerprint density at radius 2 is 1.61 bits per heavy atom. The Morgan fingerprint density at radius 3 is 2.32 bits per heavy atom. The molecular weight excluding hydrogens is 374 g/mol. The van der Waals surface area contributed by atoms with E-state index < -0.39 is 0 Å². The van der Waals surface area contributed by atoms with Crippen LogP contribution >= 0.6 is 11.6 Å². The number of amides is 2. The molecule has 0 atom stereocenters. The molecule has 0 saturated heterocycles. The summed E-state index contributed by atoms with van der Waals surface area (Å²) < 4.78 is 0. The van der Waals surface area contributed by atoms with E-state index in [4.69, 9.17) is 11.6 Å². The SMILES string of the molecule is Cc1ccc(C(=O)Nc2cccc(C(=O)NN=Cc3ccc(Cl)cc3)c2)cc1. The number of hydrazone groups is 1. The van der Waals surface area contributed by atoms with Gasteiger partial charge in [-0.1, -0.05) is 47.5 Å². The molecule has 3 rings (SSSR count). The number of carbonyl (C=O) groups is 2. The molecule has 28 heavy (non-hydrogen) atoms. The van der Waals surface area contributed by atoms with Gasteiger partial charge in [-0.2, -0.15) is 5.10 Å². The molecule has 0 aliphatic heterocycles. The average molecular weight is 392 g/mol. The van der Waals surface area contributed by atoms with Gasteiger partial charge in [-0.15, -0.1) is 0 Å². The Morgan fingerprint density at radius 1 is 0.893 bits per heavy atom. The molecule has 0 aromatic heterocycles. The Labute approximate surface area is 168 Å². The lowest BCUT2D eigenvalue weighted by atomic mass is 10.1. The fraction of sp³-hybridized carbons (Fsp3) is 0.0455. The van der Waals surface area contributed by atoms with Crippen molar-refractivity contribution in [3.05, 3.63) is 100 Å². The van der Waals surface area contributed by atoms with Gasteiger partial charge in [0.15, 0.2) is 0 Å². The van der Waals surface area contributed by atoms with Gasteiger partial charge in [0.1, 0.15) is 0 Å². The fourth-order valence-corrected chi connectivity index (χ4v) is 2.55. The third-order valence-corrected chi connectivity index (χ3v) is 4.20. The van der Waals surface area contributed by atoms with E-state index in [0.717, 1.165) is 11.1 Å². The Kier molecular flexibility index (Phi) is 6.19. The third-order valence-electron chi connectivity index (χ3n) is 3.95. The van der Waals surface area contributed by atoms with E-state index >= 15 is 0 Å². The van der Waals surface area contributed by atoms with Gasteiger partial charge in [-0.25, -0.2) is 5.43 Å². The van der Waals surface area contributed by atoms with Crippen molar-refractivity contribution in [2.24, 2.45) is 5.10 Å². The highest BCUT2D eigenvalue weighted by atomic mass is 35.5. The first-order chi connectivity index (χ1) is 13.5. The number of benzene rings is 3. The molecule has 2 amide bonds. The molecule has 0 bridgehead atoms. The Hall–Kier alpha value is -3.44. The van der Waals surface area contributed by atoms with Crippen molar-refractivity contribution in [2.45, 2.75) is 6.92 Å². The number of nitrogens with one attached hydrogen (secondary N) is 2. The Bertz CT molecular complexity index is 1010. The van der Waals surface area contributed by atoms with Crippen molar-refractivity contribution in [2.75, 3.05) is 5.32 Å². The van der Waals surface area contributed by atoms with Gasteiger partial charge in [-0.3, -0.25) is 9.59 Å². The lowest BCUT2D eigenvalue weighted by Gasteiger charge is -2.07. The highest BCUT2D eigenvalue weighted by molar-refractivity contribution is 6.30. The van der Waals surface area contributed by atoms with Crippen molar-refractivity contribution in [3.8, 4) is 0 Å². The van der Waals surface area contributed by atoms with Crippen LogP contribution in [0.5, 0.6) is 0 Å². The summed E-state index contributed by atoms with van der Waals surface area (Å²) in [6, 6.07) is 21.0. The zero-order valence-corrected chi connectivity index (χ0v) is 15.9. The number of anilines is 1. The van der Waals surface area contributed by atoms with Crippen LogP contribution < -0.4 is 10.7 Å². The van der Waals surface area contributed by atoms with E-state index in [2.05, 4.69) is 15.8 Å². The molecule has 5 nitrogen and oxygen atoms in total. The second-order valence-corrected chi connectivity index (χ2v) is 6.59. The minimum absolute atomic E-state index is 0.238. The van der Waals surface area contributed by atoms with Crippen LogP contribution in [0, 0.1) is 6.92 Å². The molecule has 0 unspecified atom stereocenters. The quantitative estimate of drug-likeness (QED) is 0.490. The summed E-state index contributed by atoms with van der Waals surface area (Å²) in [4.78, 5) is 24.6. The molecule has 2 N–H and O–H groups in total. The van der Waals surface area contributed by atoms with Crippen LogP contribution in [-0.4, -0.2) is 18.0 Å². The number of carbonyl (C=O) groups excluding carboxylic acids is 2. The molecule has 0 aliphatic carbocycles. The number of hydrogen-bond acceptors (Lipinski definition) is 3. The van der Waals surface area contributed by atoms with Crippen molar-refractivity contribution < 1.29 is 9.59 Å². The van der Waals surface area contributed by atoms with Gasteiger partial charge >= 0.3 is 0 Å². The minimum Gasteiger partial charge on any atom is -0.322 e. The maximum Gasteiger partial charge on any atom is 0.271 e. The van der Waals surface area contributed by atoms with E-state index in [-0.39, 0.29) is 11.8 Å². The maximum absolute atomic E-state index is 12.3. The van der Waals surface area contributed by atoms with E-state index in [0.29, 0.717) is 21.8 Å². The monoisotopic (exact) mass is 391 g/mol. The zero-order valence-electron chi connectivity index (χ0n) is 15.1. The topological polar surface area (TPSA) is 70.6 Å². The second kappa shape index (κ2) is 8.97. The first-order valence-corrected chi connectivity index (χ1v) is 8.96. The molecule has 3 aromatic carbocycles. The molecule has 0 fully saturated rings. The van der Waals surface area contributed by atoms with Gasteiger partial charge in [-0.05, 0) is 55.0 Å². The average Bonchev–Trinajstić information content (AvgIpc) is 2.70. The lowest BCUT2D eigenvalue weighted by molar-refractivity contribution is 0.0953. The van der Waals surface area contributed by atoms with Crippen LogP contribution in [0.2, 0.25) is 5.02 Å². The number of nitrogens with zero attached hydrogens (tertiary/aromatic N) is 1. The standard InChI is InChI=1S/C22H18ClN3O2/c1-15-5-9-17(10-6-15)21(27)25-20-4-2-3-18(13-20)22(28)26-24-14-16-7-11-19(23)12-8-16/h2-14H,1H3,(H,25,27)(H,26,28). The summed E-state index contributed by atoms with van der Waals surface area (Å²) >= 11 is 5.83. The van der Waals surface area contributed by atoms with Gasteiger partial charge in [0.05, 0.1) is 6.21 Å². The van der Waals surface area contributed by atoms with Gasteiger partial charge in [0, 0.05) is 21.8 Å². The molecule has 6 heteroatoms. The molecule has 0 aliphatic rings. The molecule has 0 heterocycles. The van der Waals surface area contributed by atoms with Crippen molar-refractivity contribution in [3.63, 3.8) is 0 Å². The van der Waals surface area contributed by atoms with Gasteiger partial charge in [0.25, 0.3) is 11.8 Å². The van der Waals surface area contributed by atoms with Crippen LogP contribution in [0.4, 0.5) is 5.69 Å². The normalized spacial score (nSPS) is 10.6. The van der Waals surface area contributed by atoms with E-state index in [1.54, 1.807) is 60.7 Å². The van der Waals surface area contributed by atoms with Crippen LogP contribution in [0.1, 0.15) is 31.8 Å². The lowest BCUT2D eigenvalue weighted by Crippen LogP contribution is -2.18. The summed E-state index contributed by atoms with van der Waals surface area (Å²) in [7, 11) is 0. The summed E-state index contributed by atoms with van der Waals surface area (Å²) in [5.74, 6) is -0.616. The first-order valence-electron chi connectivity index (χ1n) is 8.58. The third kappa shape index (κ3) is 5.28. The van der Waals surface area contributed by atoms with Crippen LogP contribution in [0.15, 0.2) is 77.9 Å². The minimum atomic E-state index is -0.378. The van der Waals surface area contributed by atoms with Crippen molar-refractivity contribution in [1.29, 1.82) is 0 Å². The molecule has 0 spiro atoms. The maximum atomic E-state index is 12.3. The Balaban J connectivity index is 1.63. The van der Waals surface area contributed by atoms with Crippen molar-refractivity contribution >= 4 is 35.3 Å². The molecular formula is C22H18ClN3O2. The summed E-state index contributed by atoms with van der Waals surface area (Å²) in [5, 5.41) is 7.36.